The highest BCUT2D eigenvalue weighted by Gasteiger charge is 2.36. The molecule has 1 N–H and O–H groups in total. The number of hydrogen-bond donors (Lipinski definition) is 1. The van der Waals surface area contributed by atoms with Crippen LogP contribution < -0.4 is 5.56 Å². The maximum absolute atomic E-state index is 14.0. The van der Waals surface area contributed by atoms with E-state index in [2.05, 4.69) is 20.1 Å². The van der Waals surface area contributed by atoms with Crippen LogP contribution in [0.3, 0.4) is 0 Å². The summed E-state index contributed by atoms with van der Waals surface area (Å²) in [5.41, 5.74) is 2.30. The number of benzene rings is 1. The van der Waals surface area contributed by atoms with E-state index in [1.165, 1.54) is 18.3 Å². The van der Waals surface area contributed by atoms with E-state index in [0.717, 1.165) is 11.1 Å². The number of pyridine rings is 1. The third kappa shape index (κ3) is 3.90. The van der Waals surface area contributed by atoms with Gasteiger partial charge in [0.25, 0.3) is 5.56 Å². The summed E-state index contributed by atoms with van der Waals surface area (Å²) < 4.78 is 42.7. The molecule has 32 heavy (non-hydrogen) atoms. The van der Waals surface area contributed by atoms with Crippen molar-refractivity contribution in [2.24, 2.45) is 0 Å². The SMILES string of the molecule is O=c1[nH]c(Cc2ccc(F)cc2-c2ccncc2)nc2c1cnn2C1CCC(F)(F)CC1. The standard InChI is InChI=1S/C23H20F3N5O/c24-16-2-1-15(18(12-16)14-5-9-27-10-6-14)11-20-29-21-19(22(32)30-20)13-28-31(21)17-3-7-23(25,26)8-4-17/h1-2,5-6,9-10,12-13,17H,3-4,7-8,11H2,(H,29,30,32). The van der Waals surface area contributed by atoms with Crippen LogP contribution in [0.5, 0.6) is 0 Å². The van der Waals surface area contributed by atoms with Gasteiger partial charge in [0.2, 0.25) is 5.92 Å². The van der Waals surface area contributed by atoms with E-state index in [-0.39, 0.29) is 49.5 Å². The topological polar surface area (TPSA) is 76.5 Å². The molecule has 4 aromatic rings. The first-order valence-electron chi connectivity index (χ1n) is 10.4. The molecule has 3 aromatic heterocycles. The summed E-state index contributed by atoms with van der Waals surface area (Å²) in [7, 11) is 0. The average Bonchev–Trinajstić information content (AvgIpc) is 3.20. The van der Waals surface area contributed by atoms with Crippen molar-refractivity contribution in [3.8, 4) is 11.1 Å². The van der Waals surface area contributed by atoms with Crippen LogP contribution in [0.15, 0.2) is 53.7 Å². The maximum atomic E-state index is 14.0. The molecule has 0 unspecified atom stereocenters. The van der Waals surface area contributed by atoms with Gasteiger partial charge in [0, 0.05) is 31.7 Å². The number of nitrogens with one attached hydrogen (secondary N) is 1. The molecule has 5 rings (SSSR count). The highest BCUT2D eigenvalue weighted by molar-refractivity contribution is 5.73. The molecule has 0 radical (unpaired) electrons. The molecule has 0 amide bonds. The van der Waals surface area contributed by atoms with Crippen molar-refractivity contribution in [1.29, 1.82) is 0 Å². The smallest absolute Gasteiger partial charge is 0.262 e. The Morgan fingerprint density at radius 3 is 2.62 bits per heavy atom. The molecule has 3 heterocycles. The Kier molecular flexibility index (Phi) is 5.03. The van der Waals surface area contributed by atoms with Gasteiger partial charge >= 0.3 is 0 Å². The van der Waals surface area contributed by atoms with Gasteiger partial charge < -0.3 is 4.98 Å². The van der Waals surface area contributed by atoms with Gasteiger partial charge in [-0.1, -0.05) is 6.07 Å². The van der Waals surface area contributed by atoms with Crippen LogP contribution in [0.25, 0.3) is 22.2 Å². The lowest BCUT2D eigenvalue weighted by Crippen LogP contribution is -2.27. The number of aromatic amines is 1. The highest BCUT2D eigenvalue weighted by Crippen LogP contribution is 2.38. The monoisotopic (exact) mass is 439 g/mol. The van der Waals surface area contributed by atoms with Crippen LogP contribution in [-0.4, -0.2) is 30.7 Å². The van der Waals surface area contributed by atoms with E-state index >= 15 is 0 Å². The van der Waals surface area contributed by atoms with Gasteiger partial charge in [-0.25, -0.2) is 22.8 Å². The Bertz CT molecular complexity index is 1320. The van der Waals surface area contributed by atoms with E-state index in [4.69, 9.17) is 0 Å². The zero-order chi connectivity index (χ0) is 22.3. The Labute approximate surface area is 181 Å². The second kappa shape index (κ2) is 7.89. The molecular formula is C23H20F3N5O. The van der Waals surface area contributed by atoms with Gasteiger partial charge in [0.05, 0.1) is 12.2 Å². The summed E-state index contributed by atoms with van der Waals surface area (Å²) >= 11 is 0. The van der Waals surface area contributed by atoms with Crippen LogP contribution in [0, 0.1) is 5.82 Å². The van der Waals surface area contributed by atoms with Gasteiger partial charge in [-0.05, 0) is 53.8 Å². The number of halogens is 3. The summed E-state index contributed by atoms with van der Waals surface area (Å²) in [6, 6.07) is 7.80. The van der Waals surface area contributed by atoms with E-state index in [0.29, 0.717) is 22.4 Å². The Morgan fingerprint density at radius 1 is 1.12 bits per heavy atom. The van der Waals surface area contributed by atoms with Crippen molar-refractivity contribution >= 4 is 11.0 Å². The minimum atomic E-state index is -2.65. The number of nitrogens with zero attached hydrogens (tertiary/aromatic N) is 4. The molecule has 0 spiro atoms. The first-order valence-corrected chi connectivity index (χ1v) is 10.4. The molecule has 1 aromatic carbocycles. The lowest BCUT2D eigenvalue weighted by molar-refractivity contribution is -0.0446. The van der Waals surface area contributed by atoms with E-state index < -0.39 is 5.92 Å². The Morgan fingerprint density at radius 2 is 1.88 bits per heavy atom. The first kappa shape index (κ1) is 20.4. The minimum absolute atomic E-state index is 0.208. The van der Waals surface area contributed by atoms with Crippen molar-refractivity contribution < 1.29 is 13.2 Å². The number of hydrogen-bond acceptors (Lipinski definition) is 4. The Balaban J connectivity index is 1.52. The number of alkyl halides is 2. The predicted octanol–water partition coefficient (Wildman–Crippen LogP) is 4.66. The van der Waals surface area contributed by atoms with Gasteiger partial charge in [0.1, 0.15) is 17.0 Å². The maximum Gasteiger partial charge on any atom is 0.262 e. The predicted molar refractivity (Wildman–Crippen MR) is 113 cm³/mol. The largest absolute Gasteiger partial charge is 0.310 e. The summed E-state index contributed by atoms with van der Waals surface area (Å²) in [5.74, 6) is -2.63. The zero-order valence-electron chi connectivity index (χ0n) is 17.1. The number of H-pyrrole nitrogens is 1. The molecule has 1 fully saturated rings. The van der Waals surface area contributed by atoms with Crippen LogP contribution in [0.2, 0.25) is 0 Å². The fraction of sp³-hybridized carbons (Fsp3) is 0.304. The normalized spacial score (nSPS) is 16.5. The van der Waals surface area contributed by atoms with E-state index in [1.54, 1.807) is 35.3 Å². The van der Waals surface area contributed by atoms with Crippen molar-refractivity contribution in [1.82, 2.24) is 24.7 Å². The minimum Gasteiger partial charge on any atom is -0.310 e. The van der Waals surface area contributed by atoms with Gasteiger partial charge in [-0.2, -0.15) is 5.10 Å². The van der Waals surface area contributed by atoms with Crippen LogP contribution in [0.4, 0.5) is 13.2 Å². The fourth-order valence-electron chi connectivity index (χ4n) is 4.29. The molecule has 6 nitrogen and oxygen atoms in total. The third-order valence-corrected chi connectivity index (χ3v) is 5.97. The number of rotatable bonds is 4. The van der Waals surface area contributed by atoms with Crippen LogP contribution >= 0.6 is 0 Å². The van der Waals surface area contributed by atoms with Gasteiger partial charge in [0.15, 0.2) is 5.65 Å². The molecule has 1 aliphatic carbocycles. The van der Waals surface area contributed by atoms with Crippen molar-refractivity contribution in [3.05, 3.63) is 76.5 Å². The lowest BCUT2D eigenvalue weighted by atomic mass is 9.92. The summed E-state index contributed by atoms with van der Waals surface area (Å²) in [5, 5.41) is 4.60. The van der Waals surface area contributed by atoms with Crippen molar-refractivity contribution in [2.45, 2.75) is 44.1 Å². The molecule has 1 saturated carbocycles. The number of aromatic nitrogens is 5. The van der Waals surface area contributed by atoms with Gasteiger partial charge in [-0.3, -0.25) is 9.78 Å². The quantitative estimate of drug-likeness (QED) is 0.502. The summed E-state index contributed by atoms with van der Waals surface area (Å²) in [6.45, 7) is 0. The zero-order valence-corrected chi connectivity index (χ0v) is 17.1. The van der Waals surface area contributed by atoms with Crippen molar-refractivity contribution in [3.63, 3.8) is 0 Å². The molecule has 0 aliphatic heterocycles. The molecule has 1 aliphatic rings. The summed E-state index contributed by atoms with van der Waals surface area (Å²) in [4.78, 5) is 24.0. The Hall–Kier alpha value is -3.49. The second-order valence-corrected chi connectivity index (χ2v) is 8.14. The van der Waals surface area contributed by atoms with Crippen LogP contribution in [0.1, 0.15) is 43.1 Å². The fourth-order valence-corrected chi connectivity index (χ4v) is 4.29. The van der Waals surface area contributed by atoms with E-state index in [9.17, 15) is 18.0 Å². The second-order valence-electron chi connectivity index (χ2n) is 8.14. The third-order valence-electron chi connectivity index (χ3n) is 5.97. The molecule has 164 valence electrons. The number of fused-ring (bicyclic) bond motifs is 1. The first-order chi connectivity index (χ1) is 15.4. The van der Waals surface area contributed by atoms with Gasteiger partial charge in [-0.15, -0.1) is 0 Å². The average molecular weight is 439 g/mol. The van der Waals surface area contributed by atoms with Crippen LogP contribution in [-0.2, 0) is 6.42 Å². The molecule has 0 saturated heterocycles. The molecular weight excluding hydrogens is 419 g/mol. The molecule has 0 atom stereocenters. The van der Waals surface area contributed by atoms with E-state index in [1.807, 2.05) is 0 Å². The molecule has 9 heteroatoms. The highest BCUT2D eigenvalue weighted by atomic mass is 19.3. The summed E-state index contributed by atoms with van der Waals surface area (Å²) in [6.07, 6.45) is 5.08. The molecule has 0 bridgehead atoms. The van der Waals surface area contributed by atoms with Crippen molar-refractivity contribution in [2.75, 3.05) is 0 Å². The lowest BCUT2D eigenvalue weighted by Gasteiger charge is -2.28.